The van der Waals surface area contributed by atoms with Gasteiger partial charge in [-0.2, -0.15) is 0 Å². The van der Waals surface area contributed by atoms with Crippen LogP contribution >= 0.6 is 0 Å². The maximum absolute atomic E-state index is 12.7. The minimum atomic E-state index is -0.561. The van der Waals surface area contributed by atoms with Crippen molar-refractivity contribution in [2.75, 3.05) is 12.4 Å². The molecule has 0 aliphatic carbocycles. The van der Waals surface area contributed by atoms with Gasteiger partial charge in [-0.05, 0) is 30.3 Å². The SMILES string of the molecule is COc1cccc(NC(=O)c2cc([N+](=O)[O-])ccc2Oc2ccccc2)c1. The molecule has 0 atom stereocenters. The first-order chi connectivity index (χ1) is 13.1. The molecule has 0 bridgehead atoms. The number of benzene rings is 3. The molecule has 0 aliphatic heterocycles. The summed E-state index contributed by atoms with van der Waals surface area (Å²) in [5.74, 6) is 0.777. The first-order valence-corrected chi connectivity index (χ1v) is 8.03. The zero-order valence-corrected chi connectivity index (χ0v) is 14.4. The Morgan fingerprint density at radius 1 is 0.963 bits per heavy atom. The van der Waals surface area contributed by atoms with Crippen molar-refractivity contribution < 1.29 is 19.2 Å². The molecule has 1 amide bonds. The van der Waals surface area contributed by atoms with Crippen LogP contribution in [0.15, 0.2) is 72.8 Å². The number of anilines is 1. The summed E-state index contributed by atoms with van der Waals surface area (Å²) < 4.78 is 10.9. The molecule has 0 saturated heterocycles. The van der Waals surface area contributed by atoms with Gasteiger partial charge in [0, 0.05) is 23.9 Å². The van der Waals surface area contributed by atoms with Crippen molar-refractivity contribution in [1.82, 2.24) is 0 Å². The van der Waals surface area contributed by atoms with Crippen LogP contribution in [0.5, 0.6) is 17.2 Å². The third kappa shape index (κ3) is 4.40. The maximum atomic E-state index is 12.7. The molecule has 0 saturated carbocycles. The van der Waals surface area contributed by atoms with Crippen molar-refractivity contribution in [3.05, 3.63) is 88.5 Å². The number of nitro benzene ring substituents is 1. The molecule has 3 rings (SSSR count). The molecular formula is C20H16N2O5. The van der Waals surface area contributed by atoms with Crippen LogP contribution in [0.1, 0.15) is 10.4 Å². The predicted octanol–water partition coefficient (Wildman–Crippen LogP) is 4.65. The van der Waals surface area contributed by atoms with E-state index in [9.17, 15) is 14.9 Å². The van der Waals surface area contributed by atoms with Crippen LogP contribution in [-0.4, -0.2) is 17.9 Å². The van der Waals surface area contributed by atoms with Crippen LogP contribution in [0, 0.1) is 10.1 Å². The number of hydrogen-bond acceptors (Lipinski definition) is 5. The summed E-state index contributed by atoms with van der Waals surface area (Å²) in [6, 6.07) is 19.6. The number of amides is 1. The summed E-state index contributed by atoms with van der Waals surface area (Å²) >= 11 is 0. The average Bonchev–Trinajstić information content (AvgIpc) is 2.69. The number of rotatable bonds is 6. The van der Waals surface area contributed by atoms with E-state index in [1.807, 2.05) is 6.07 Å². The molecule has 0 spiro atoms. The molecule has 27 heavy (non-hydrogen) atoms. The monoisotopic (exact) mass is 364 g/mol. The largest absolute Gasteiger partial charge is 0.497 e. The lowest BCUT2D eigenvalue weighted by atomic mass is 10.1. The molecular weight excluding hydrogens is 348 g/mol. The summed E-state index contributed by atoms with van der Waals surface area (Å²) in [6.07, 6.45) is 0. The maximum Gasteiger partial charge on any atom is 0.270 e. The minimum Gasteiger partial charge on any atom is -0.497 e. The van der Waals surface area contributed by atoms with Gasteiger partial charge in [0.15, 0.2) is 0 Å². The molecule has 7 nitrogen and oxygen atoms in total. The Morgan fingerprint density at radius 3 is 2.41 bits per heavy atom. The number of nitro groups is 1. The van der Waals surface area contributed by atoms with Crippen molar-refractivity contribution in [2.24, 2.45) is 0 Å². The van der Waals surface area contributed by atoms with E-state index in [0.717, 1.165) is 0 Å². The normalized spacial score (nSPS) is 10.1. The van der Waals surface area contributed by atoms with Gasteiger partial charge in [0.2, 0.25) is 0 Å². The Kier molecular flexibility index (Phi) is 5.32. The van der Waals surface area contributed by atoms with E-state index in [1.165, 1.54) is 25.3 Å². The lowest BCUT2D eigenvalue weighted by Crippen LogP contribution is -2.13. The lowest BCUT2D eigenvalue weighted by Gasteiger charge is -2.12. The molecule has 3 aromatic rings. The first kappa shape index (κ1) is 17.9. The smallest absolute Gasteiger partial charge is 0.270 e. The molecule has 0 aromatic heterocycles. The van der Waals surface area contributed by atoms with Crippen LogP contribution in [-0.2, 0) is 0 Å². The highest BCUT2D eigenvalue weighted by molar-refractivity contribution is 6.06. The van der Waals surface area contributed by atoms with Gasteiger partial charge in [-0.1, -0.05) is 24.3 Å². The third-order valence-electron chi connectivity index (χ3n) is 3.72. The summed E-state index contributed by atoms with van der Waals surface area (Å²) in [6.45, 7) is 0. The van der Waals surface area contributed by atoms with Gasteiger partial charge in [-0.25, -0.2) is 0 Å². The summed E-state index contributed by atoms with van der Waals surface area (Å²) in [4.78, 5) is 23.3. The minimum absolute atomic E-state index is 0.0517. The quantitative estimate of drug-likeness (QED) is 0.508. The van der Waals surface area contributed by atoms with Gasteiger partial charge < -0.3 is 14.8 Å². The Morgan fingerprint density at radius 2 is 1.70 bits per heavy atom. The van der Waals surface area contributed by atoms with Gasteiger partial charge in [-0.15, -0.1) is 0 Å². The average molecular weight is 364 g/mol. The van der Waals surface area contributed by atoms with Crippen molar-refractivity contribution in [2.45, 2.75) is 0 Å². The van der Waals surface area contributed by atoms with Gasteiger partial charge in [0.05, 0.1) is 17.6 Å². The van der Waals surface area contributed by atoms with Crippen molar-refractivity contribution in [3.63, 3.8) is 0 Å². The van der Waals surface area contributed by atoms with E-state index in [2.05, 4.69) is 5.32 Å². The van der Waals surface area contributed by atoms with E-state index in [0.29, 0.717) is 17.2 Å². The summed E-state index contributed by atoms with van der Waals surface area (Å²) in [5, 5.41) is 13.8. The van der Waals surface area contributed by atoms with E-state index in [1.54, 1.807) is 48.5 Å². The van der Waals surface area contributed by atoms with Crippen molar-refractivity contribution in [3.8, 4) is 17.2 Å². The molecule has 3 aromatic carbocycles. The first-order valence-electron chi connectivity index (χ1n) is 8.03. The van der Waals surface area contributed by atoms with Crippen LogP contribution < -0.4 is 14.8 Å². The van der Waals surface area contributed by atoms with Crippen LogP contribution in [0.3, 0.4) is 0 Å². The zero-order valence-electron chi connectivity index (χ0n) is 14.4. The molecule has 0 aliphatic rings. The van der Waals surface area contributed by atoms with Crippen molar-refractivity contribution >= 4 is 17.3 Å². The second kappa shape index (κ2) is 8.01. The highest BCUT2D eigenvalue weighted by Crippen LogP contribution is 2.29. The van der Waals surface area contributed by atoms with Crippen LogP contribution in [0.25, 0.3) is 0 Å². The molecule has 7 heteroatoms. The van der Waals surface area contributed by atoms with Crippen LogP contribution in [0.4, 0.5) is 11.4 Å². The molecule has 136 valence electrons. The number of hydrogen-bond donors (Lipinski definition) is 1. The highest BCUT2D eigenvalue weighted by Gasteiger charge is 2.19. The Balaban J connectivity index is 1.93. The predicted molar refractivity (Wildman–Crippen MR) is 101 cm³/mol. The Labute approximate surface area is 155 Å². The molecule has 1 N–H and O–H groups in total. The fraction of sp³-hybridized carbons (Fsp3) is 0.0500. The van der Waals surface area contributed by atoms with E-state index in [-0.39, 0.29) is 17.0 Å². The number of ether oxygens (including phenoxy) is 2. The molecule has 0 fully saturated rings. The van der Waals surface area contributed by atoms with Gasteiger partial charge in [-0.3, -0.25) is 14.9 Å². The number of carbonyl (C=O) groups is 1. The fourth-order valence-electron chi connectivity index (χ4n) is 2.41. The molecule has 0 heterocycles. The Bertz CT molecular complexity index is 973. The highest BCUT2D eigenvalue weighted by atomic mass is 16.6. The topological polar surface area (TPSA) is 90.7 Å². The third-order valence-corrected chi connectivity index (χ3v) is 3.72. The number of non-ortho nitro benzene ring substituents is 1. The molecule has 0 radical (unpaired) electrons. The second-order valence-electron chi connectivity index (χ2n) is 5.54. The standard InChI is InChI=1S/C20H16N2O5/c1-26-17-9-5-6-14(12-17)21-20(23)18-13-15(22(24)25)10-11-19(18)27-16-7-3-2-4-8-16/h2-13H,1H3,(H,21,23). The fourth-order valence-corrected chi connectivity index (χ4v) is 2.41. The van der Waals surface area contributed by atoms with E-state index in [4.69, 9.17) is 9.47 Å². The zero-order chi connectivity index (χ0) is 19.2. The number of methoxy groups -OCH3 is 1. The molecule has 0 unspecified atom stereocenters. The lowest BCUT2D eigenvalue weighted by molar-refractivity contribution is -0.384. The van der Waals surface area contributed by atoms with Crippen LogP contribution in [0.2, 0.25) is 0 Å². The summed E-state index contributed by atoms with van der Waals surface area (Å²) in [5.41, 5.74) is 0.346. The van der Waals surface area contributed by atoms with Gasteiger partial charge in [0.25, 0.3) is 11.6 Å². The Hall–Kier alpha value is -3.87. The van der Waals surface area contributed by atoms with Gasteiger partial charge in [0.1, 0.15) is 17.2 Å². The number of nitrogens with zero attached hydrogens (tertiary/aromatic N) is 1. The van der Waals surface area contributed by atoms with Crippen molar-refractivity contribution in [1.29, 1.82) is 0 Å². The number of para-hydroxylation sites is 1. The number of nitrogens with one attached hydrogen (secondary N) is 1. The van der Waals surface area contributed by atoms with E-state index >= 15 is 0 Å². The van der Waals surface area contributed by atoms with E-state index < -0.39 is 10.8 Å². The number of carbonyl (C=O) groups excluding carboxylic acids is 1. The van der Waals surface area contributed by atoms with Gasteiger partial charge >= 0.3 is 0 Å². The second-order valence-corrected chi connectivity index (χ2v) is 5.54. The summed E-state index contributed by atoms with van der Waals surface area (Å²) in [7, 11) is 1.52.